The zero-order chi connectivity index (χ0) is 15.3. The smallest absolute Gasteiger partial charge is 0.331 e. The fourth-order valence-corrected chi connectivity index (χ4v) is 6.28. The number of rotatable bonds is 5. The summed E-state index contributed by atoms with van der Waals surface area (Å²) in [6.07, 6.45) is 6.59. The van der Waals surface area contributed by atoms with E-state index in [1.54, 1.807) is 6.08 Å². The maximum Gasteiger partial charge on any atom is 0.331 e. The second-order valence-electron chi connectivity index (χ2n) is 7.30. The molecule has 3 aliphatic heterocycles. The van der Waals surface area contributed by atoms with Crippen LogP contribution in [0.2, 0.25) is 0 Å². The number of nitrogens with zero attached hydrogens (tertiary/aromatic N) is 1. The minimum atomic E-state index is -0.235. The van der Waals surface area contributed by atoms with E-state index in [0.717, 1.165) is 18.7 Å². The molecule has 4 rings (SSSR count). The number of hydrogen-bond donors (Lipinski definition) is 1. The predicted molar refractivity (Wildman–Crippen MR) is 89.0 cm³/mol. The van der Waals surface area contributed by atoms with Crippen molar-refractivity contribution in [3.63, 3.8) is 0 Å². The number of piperidine rings is 1. The number of carbonyl (C=O) groups is 1. The Morgan fingerprint density at radius 2 is 2.36 bits per heavy atom. The van der Waals surface area contributed by atoms with Gasteiger partial charge in [0.2, 0.25) is 0 Å². The van der Waals surface area contributed by atoms with Gasteiger partial charge >= 0.3 is 5.97 Å². The van der Waals surface area contributed by atoms with Crippen molar-refractivity contribution in [1.82, 2.24) is 10.2 Å². The van der Waals surface area contributed by atoms with Gasteiger partial charge in [-0.1, -0.05) is 20.3 Å². The molecule has 22 heavy (non-hydrogen) atoms. The summed E-state index contributed by atoms with van der Waals surface area (Å²) in [6, 6.07) is 1.44. The lowest BCUT2D eigenvalue weighted by atomic mass is 9.71. The van der Waals surface area contributed by atoms with Crippen LogP contribution >= 0.6 is 11.8 Å². The molecule has 1 aliphatic carbocycles. The number of fused-ring (bicyclic) bond motifs is 2. The van der Waals surface area contributed by atoms with Gasteiger partial charge in [-0.15, -0.1) is 0 Å². The Morgan fingerprint density at radius 3 is 3.18 bits per heavy atom. The van der Waals surface area contributed by atoms with Gasteiger partial charge in [0.25, 0.3) is 0 Å². The molecule has 0 aromatic rings. The molecule has 1 spiro atoms. The van der Waals surface area contributed by atoms with Gasteiger partial charge in [0.15, 0.2) is 5.60 Å². The molecule has 122 valence electrons. The van der Waals surface area contributed by atoms with Crippen LogP contribution in [-0.2, 0) is 9.53 Å². The number of hydrogen-bond acceptors (Lipinski definition) is 5. The van der Waals surface area contributed by atoms with Gasteiger partial charge in [0.05, 0.1) is 12.1 Å². The van der Waals surface area contributed by atoms with Gasteiger partial charge < -0.3 is 10.1 Å². The number of nitrogens with one attached hydrogen (secondary N) is 1. The van der Waals surface area contributed by atoms with Gasteiger partial charge in [-0.05, 0) is 31.4 Å². The standard InChI is InChI=1S/C17H26N2O2S/c1-11(2)18-6-8-22-13-9-12-10-15(20)21-17(12)14-5-3-4-7-19(14)16(13)17/h10-11,13-14,16,18H,3-9H2,1-2H3/t13?,14-,16?,17+/m1/s1. The third-order valence-electron chi connectivity index (χ3n) is 5.66. The van der Waals surface area contributed by atoms with E-state index in [-0.39, 0.29) is 11.6 Å². The Balaban J connectivity index is 1.47. The second kappa shape index (κ2) is 5.53. The highest BCUT2D eigenvalue weighted by molar-refractivity contribution is 8.00. The summed E-state index contributed by atoms with van der Waals surface area (Å²) in [5, 5.41) is 4.08. The first kappa shape index (κ1) is 15.0. The predicted octanol–water partition coefficient (Wildman–Crippen LogP) is 1.95. The molecule has 2 saturated heterocycles. The maximum atomic E-state index is 11.8. The molecule has 0 aromatic carbocycles. The highest BCUT2D eigenvalue weighted by Crippen LogP contribution is 2.60. The SMILES string of the molecule is CC(C)NCCSC1CC2=CC(=O)O[C@@]23C1N1CCCC[C@@H]13. The molecule has 2 unspecified atom stereocenters. The van der Waals surface area contributed by atoms with Crippen molar-refractivity contribution in [1.29, 1.82) is 0 Å². The lowest BCUT2D eigenvalue weighted by molar-refractivity contribution is -0.200. The second-order valence-corrected chi connectivity index (χ2v) is 8.65. The lowest BCUT2D eigenvalue weighted by Gasteiger charge is -2.61. The first-order chi connectivity index (χ1) is 10.6. The van der Waals surface area contributed by atoms with E-state index in [9.17, 15) is 4.79 Å². The summed E-state index contributed by atoms with van der Waals surface area (Å²) in [5.41, 5.74) is 1.06. The summed E-state index contributed by atoms with van der Waals surface area (Å²) >= 11 is 2.06. The molecular weight excluding hydrogens is 296 g/mol. The Hall–Kier alpha value is -0.520. The van der Waals surface area contributed by atoms with Crippen molar-refractivity contribution in [2.24, 2.45) is 0 Å². The molecule has 0 bridgehead atoms. The third-order valence-corrected chi connectivity index (χ3v) is 6.95. The minimum Gasteiger partial charge on any atom is -0.448 e. The fourth-order valence-electron chi connectivity index (χ4n) is 4.90. The van der Waals surface area contributed by atoms with Crippen molar-refractivity contribution in [3.8, 4) is 0 Å². The van der Waals surface area contributed by atoms with Crippen LogP contribution in [-0.4, -0.2) is 58.7 Å². The van der Waals surface area contributed by atoms with E-state index in [1.165, 1.54) is 31.4 Å². The fraction of sp³-hybridized carbons (Fsp3) is 0.824. The highest BCUT2D eigenvalue weighted by atomic mass is 32.2. The average molecular weight is 322 g/mol. The van der Waals surface area contributed by atoms with Crippen LogP contribution in [0, 0.1) is 0 Å². The van der Waals surface area contributed by atoms with Gasteiger partial charge in [-0.2, -0.15) is 11.8 Å². The van der Waals surface area contributed by atoms with Gasteiger partial charge in [-0.25, -0.2) is 4.79 Å². The summed E-state index contributed by atoms with van der Waals surface area (Å²) in [6.45, 7) is 6.62. The van der Waals surface area contributed by atoms with Gasteiger partial charge in [-0.3, -0.25) is 4.90 Å². The molecule has 4 nitrogen and oxygen atoms in total. The first-order valence-corrected chi connectivity index (χ1v) is 9.72. The monoisotopic (exact) mass is 322 g/mol. The van der Waals surface area contributed by atoms with Crippen LogP contribution in [0.3, 0.4) is 0 Å². The van der Waals surface area contributed by atoms with Crippen LogP contribution < -0.4 is 5.32 Å². The molecule has 5 heteroatoms. The zero-order valence-electron chi connectivity index (χ0n) is 13.5. The van der Waals surface area contributed by atoms with E-state index in [0.29, 0.717) is 23.4 Å². The molecule has 3 fully saturated rings. The molecule has 0 aromatic heterocycles. The molecular formula is C17H26N2O2S. The Kier molecular flexibility index (Phi) is 3.78. The molecule has 0 amide bonds. The summed E-state index contributed by atoms with van der Waals surface area (Å²) < 4.78 is 5.91. The van der Waals surface area contributed by atoms with Crippen LogP contribution in [0.4, 0.5) is 0 Å². The van der Waals surface area contributed by atoms with E-state index in [4.69, 9.17) is 4.74 Å². The van der Waals surface area contributed by atoms with Crippen molar-refractivity contribution in [2.45, 2.75) is 68.5 Å². The van der Waals surface area contributed by atoms with Crippen LogP contribution in [0.5, 0.6) is 0 Å². The molecule has 0 radical (unpaired) electrons. The average Bonchev–Trinajstić information content (AvgIpc) is 2.92. The molecule has 4 aliphatic rings. The maximum absolute atomic E-state index is 11.8. The molecule has 1 N–H and O–H groups in total. The van der Waals surface area contributed by atoms with Crippen LogP contribution in [0.1, 0.15) is 39.5 Å². The van der Waals surface area contributed by atoms with E-state index in [1.807, 2.05) is 0 Å². The quantitative estimate of drug-likeness (QED) is 0.619. The molecule has 1 saturated carbocycles. The first-order valence-electron chi connectivity index (χ1n) is 8.67. The number of esters is 1. The number of thioether (sulfide) groups is 1. The normalized spacial score (nSPS) is 39.9. The van der Waals surface area contributed by atoms with Crippen molar-refractivity contribution in [2.75, 3.05) is 18.8 Å². The minimum absolute atomic E-state index is 0.102. The van der Waals surface area contributed by atoms with Crippen molar-refractivity contribution in [3.05, 3.63) is 11.6 Å². The molecule has 3 heterocycles. The van der Waals surface area contributed by atoms with Crippen molar-refractivity contribution >= 4 is 17.7 Å². The van der Waals surface area contributed by atoms with Crippen LogP contribution in [0.25, 0.3) is 0 Å². The topological polar surface area (TPSA) is 41.6 Å². The van der Waals surface area contributed by atoms with E-state index < -0.39 is 0 Å². The van der Waals surface area contributed by atoms with Crippen LogP contribution in [0.15, 0.2) is 11.6 Å². The third kappa shape index (κ3) is 2.09. The Labute approximate surface area is 137 Å². The molecule has 4 atom stereocenters. The highest BCUT2D eigenvalue weighted by Gasteiger charge is 2.72. The summed E-state index contributed by atoms with van der Waals surface area (Å²) in [5.74, 6) is 1.03. The Morgan fingerprint density at radius 1 is 1.50 bits per heavy atom. The Bertz CT molecular complexity index is 507. The number of carbonyl (C=O) groups excluding carboxylic acids is 1. The largest absolute Gasteiger partial charge is 0.448 e. The zero-order valence-corrected chi connectivity index (χ0v) is 14.3. The summed E-state index contributed by atoms with van der Waals surface area (Å²) in [4.78, 5) is 14.5. The lowest BCUT2D eigenvalue weighted by Crippen LogP contribution is -2.77. The number of ether oxygens (including phenoxy) is 1. The van der Waals surface area contributed by atoms with Gasteiger partial charge in [0.1, 0.15) is 0 Å². The van der Waals surface area contributed by atoms with Crippen molar-refractivity contribution < 1.29 is 9.53 Å². The van der Waals surface area contributed by atoms with Gasteiger partial charge in [0, 0.05) is 29.7 Å². The van der Waals surface area contributed by atoms with E-state index in [2.05, 4.69) is 35.8 Å². The summed E-state index contributed by atoms with van der Waals surface area (Å²) in [7, 11) is 0. The van der Waals surface area contributed by atoms with E-state index >= 15 is 0 Å².